The van der Waals surface area contributed by atoms with E-state index in [0.717, 1.165) is 0 Å². The Balaban J connectivity index is 2.72. The van der Waals surface area contributed by atoms with Gasteiger partial charge < -0.3 is 15.4 Å². The number of amides is 1. The summed E-state index contributed by atoms with van der Waals surface area (Å²) in [6, 6.07) is -0.965. The smallest absolute Gasteiger partial charge is 0.326 e. The largest absolute Gasteiger partial charge is 0.480 e. The molecule has 1 aromatic rings. The van der Waals surface area contributed by atoms with Gasteiger partial charge in [-0.25, -0.2) is 9.59 Å². The van der Waals surface area contributed by atoms with E-state index >= 15 is 0 Å². The van der Waals surface area contributed by atoms with Crippen LogP contribution in [0.4, 0.5) is 0 Å². The monoisotopic (exact) mass is 297 g/mol. The third-order valence-corrected chi connectivity index (χ3v) is 3.11. The summed E-state index contributed by atoms with van der Waals surface area (Å²) in [6.45, 7) is 4.95. The van der Waals surface area contributed by atoms with Crippen molar-refractivity contribution in [2.24, 2.45) is 5.92 Å². The van der Waals surface area contributed by atoms with E-state index in [1.807, 2.05) is 0 Å². The van der Waals surface area contributed by atoms with Gasteiger partial charge in [-0.1, -0.05) is 13.8 Å². The van der Waals surface area contributed by atoms with E-state index in [4.69, 9.17) is 5.11 Å². The summed E-state index contributed by atoms with van der Waals surface area (Å²) in [5.41, 5.74) is -0.435. The van der Waals surface area contributed by atoms with Gasteiger partial charge >= 0.3 is 11.7 Å². The third-order valence-electron chi connectivity index (χ3n) is 3.11. The Bertz CT molecular complexity index is 644. The van der Waals surface area contributed by atoms with Gasteiger partial charge in [-0.3, -0.25) is 14.6 Å². The number of nitrogens with one attached hydrogen (secondary N) is 3. The molecule has 0 saturated carbocycles. The maximum Gasteiger partial charge on any atom is 0.326 e. The summed E-state index contributed by atoms with van der Waals surface area (Å²) < 4.78 is 0. The topological polar surface area (TPSA) is 132 Å². The SMILES string of the molecule is Cc1[nH]c(=O)[nH]c(=O)c1CCC(=O)N[C@H](C(=O)O)C(C)C. The zero-order valence-corrected chi connectivity index (χ0v) is 12.1. The Morgan fingerprint density at radius 1 is 1.24 bits per heavy atom. The first-order valence-corrected chi connectivity index (χ1v) is 6.56. The maximum atomic E-state index is 11.8. The van der Waals surface area contributed by atoms with Crippen LogP contribution in [0.1, 0.15) is 31.5 Å². The number of aromatic nitrogens is 2. The van der Waals surface area contributed by atoms with Crippen molar-refractivity contribution in [3.8, 4) is 0 Å². The molecule has 1 aromatic heterocycles. The maximum absolute atomic E-state index is 11.8. The van der Waals surface area contributed by atoms with Crippen LogP contribution in [-0.2, 0) is 16.0 Å². The fraction of sp³-hybridized carbons (Fsp3) is 0.538. The highest BCUT2D eigenvalue weighted by molar-refractivity contribution is 5.83. The second kappa shape index (κ2) is 6.87. The number of hydrogen-bond donors (Lipinski definition) is 4. The predicted molar refractivity (Wildman–Crippen MR) is 75.1 cm³/mol. The molecule has 0 fully saturated rings. The van der Waals surface area contributed by atoms with Gasteiger partial charge in [-0.05, 0) is 19.3 Å². The molecule has 0 unspecified atom stereocenters. The van der Waals surface area contributed by atoms with E-state index in [0.29, 0.717) is 11.3 Å². The average molecular weight is 297 g/mol. The quantitative estimate of drug-likeness (QED) is 0.563. The number of carboxylic acid groups (broad SMARTS) is 1. The second-order valence-electron chi connectivity index (χ2n) is 5.14. The number of aliphatic carboxylic acids is 1. The minimum Gasteiger partial charge on any atom is -0.480 e. The molecule has 4 N–H and O–H groups in total. The number of carbonyl (C=O) groups excluding carboxylic acids is 1. The van der Waals surface area contributed by atoms with Crippen LogP contribution in [0.25, 0.3) is 0 Å². The summed E-state index contributed by atoms with van der Waals surface area (Å²) in [6.07, 6.45) is 0.0840. The van der Waals surface area contributed by atoms with Crippen LogP contribution in [0.3, 0.4) is 0 Å². The first-order chi connectivity index (χ1) is 9.72. The molecule has 116 valence electrons. The number of hydrogen-bond acceptors (Lipinski definition) is 4. The van der Waals surface area contributed by atoms with Crippen LogP contribution in [0, 0.1) is 12.8 Å². The number of aromatic amines is 2. The lowest BCUT2D eigenvalue weighted by Crippen LogP contribution is -2.44. The molecule has 1 heterocycles. The van der Waals surface area contributed by atoms with Crippen LogP contribution in [-0.4, -0.2) is 33.0 Å². The molecular weight excluding hydrogens is 278 g/mol. The van der Waals surface area contributed by atoms with Crippen LogP contribution in [0.5, 0.6) is 0 Å². The lowest BCUT2D eigenvalue weighted by atomic mass is 10.0. The van der Waals surface area contributed by atoms with Crippen molar-refractivity contribution < 1.29 is 14.7 Å². The molecule has 0 saturated heterocycles. The highest BCUT2D eigenvalue weighted by atomic mass is 16.4. The fourth-order valence-electron chi connectivity index (χ4n) is 1.92. The van der Waals surface area contributed by atoms with Gasteiger partial charge in [0.15, 0.2) is 0 Å². The summed E-state index contributed by atoms with van der Waals surface area (Å²) in [5.74, 6) is -1.80. The van der Waals surface area contributed by atoms with Crippen molar-refractivity contribution in [1.82, 2.24) is 15.3 Å². The molecule has 0 radical (unpaired) electrons. The molecular formula is C13H19N3O5. The van der Waals surface area contributed by atoms with Gasteiger partial charge in [0.2, 0.25) is 5.91 Å². The molecule has 0 bridgehead atoms. The van der Waals surface area contributed by atoms with Crippen molar-refractivity contribution in [3.63, 3.8) is 0 Å². The summed E-state index contributed by atoms with van der Waals surface area (Å²) >= 11 is 0. The molecule has 0 aliphatic heterocycles. The minimum atomic E-state index is -1.10. The van der Waals surface area contributed by atoms with E-state index in [1.165, 1.54) is 0 Å². The Hall–Kier alpha value is -2.38. The summed E-state index contributed by atoms with van der Waals surface area (Å²) in [5, 5.41) is 11.4. The number of carbonyl (C=O) groups is 2. The van der Waals surface area contributed by atoms with Crippen molar-refractivity contribution in [2.45, 2.75) is 39.7 Å². The molecule has 0 aliphatic carbocycles. The predicted octanol–water partition coefficient (Wildman–Crippen LogP) is -0.470. The highest BCUT2D eigenvalue weighted by Gasteiger charge is 2.23. The Morgan fingerprint density at radius 2 is 1.86 bits per heavy atom. The zero-order valence-electron chi connectivity index (χ0n) is 12.1. The zero-order chi connectivity index (χ0) is 16.2. The van der Waals surface area contributed by atoms with Gasteiger partial charge in [0, 0.05) is 17.7 Å². The molecule has 8 heteroatoms. The van der Waals surface area contributed by atoms with Crippen LogP contribution >= 0.6 is 0 Å². The number of H-pyrrole nitrogens is 2. The van der Waals surface area contributed by atoms with E-state index in [1.54, 1.807) is 20.8 Å². The second-order valence-corrected chi connectivity index (χ2v) is 5.14. The molecule has 0 aromatic carbocycles. The van der Waals surface area contributed by atoms with Crippen molar-refractivity contribution in [2.75, 3.05) is 0 Å². The molecule has 1 rings (SSSR count). The van der Waals surface area contributed by atoms with E-state index in [2.05, 4.69) is 15.3 Å². The normalized spacial score (nSPS) is 12.2. The van der Waals surface area contributed by atoms with E-state index in [9.17, 15) is 19.2 Å². The Labute approximate surface area is 120 Å². The first-order valence-electron chi connectivity index (χ1n) is 6.56. The van der Waals surface area contributed by atoms with Gasteiger partial charge in [0.1, 0.15) is 6.04 Å². The van der Waals surface area contributed by atoms with Crippen LogP contribution in [0.2, 0.25) is 0 Å². The summed E-state index contributed by atoms with van der Waals surface area (Å²) in [7, 11) is 0. The van der Waals surface area contributed by atoms with Crippen molar-refractivity contribution >= 4 is 11.9 Å². The van der Waals surface area contributed by atoms with Gasteiger partial charge in [0.05, 0.1) is 0 Å². The van der Waals surface area contributed by atoms with Crippen LogP contribution in [0.15, 0.2) is 9.59 Å². The van der Waals surface area contributed by atoms with E-state index < -0.39 is 29.2 Å². The molecule has 0 aliphatic rings. The fourth-order valence-corrected chi connectivity index (χ4v) is 1.92. The average Bonchev–Trinajstić information content (AvgIpc) is 2.33. The van der Waals surface area contributed by atoms with E-state index in [-0.39, 0.29) is 18.8 Å². The first kappa shape index (κ1) is 16.7. The Morgan fingerprint density at radius 3 is 2.33 bits per heavy atom. The van der Waals surface area contributed by atoms with Gasteiger partial charge in [-0.15, -0.1) is 0 Å². The van der Waals surface area contributed by atoms with Gasteiger partial charge in [-0.2, -0.15) is 0 Å². The molecule has 8 nitrogen and oxygen atoms in total. The van der Waals surface area contributed by atoms with Crippen molar-refractivity contribution in [3.05, 3.63) is 32.1 Å². The molecule has 1 amide bonds. The minimum absolute atomic E-state index is 0.0353. The molecule has 1 atom stereocenters. The highest BCUT2D eigenvalue weighted by Crippen LogP contribution is 2.04. The number of rotatable bonds is 6. The lowest BCUT2D eigenvalue weighted by molar-refractivity contribution is -0.143. The standard InChI is InChI=1S/C13H19N3O5/c1-6(2)10(12(19)20)15-9(17)5-4-8-7(3)14-13(21)16-11(8)18/h6,10H,4-5H2,1-3H3,(H,15,17)(H,19,20)(H2,14,16,18,21)/t10-/m0/s1. The third kappa shape index (κ3) is 4.59. The number of carboxylic acids is 1. The molecule has 21 heavy (non-hydrogen) atoms. The van der Waals surface area contributed by atoms with Crippen LogP contribution < -0.4 is 16.6 Å². The van der Waals surface area contributed by atoms with Crippen molar-refractivity contribution in [1.29, 1.82) is 0 Å². The molecule has 0 spiro atoms. The summed E-state index contributed by atoms with van der Waals surface area (Å²) in [4.78, 5) is 49.9. The Kier molecular flexibility index (Phi) is 5.45. The lowest BCUT2D eigenvalue weighted by Gasteiger charge is -2.17. The number of aryl methyl sites for hydroxylation is 1. The van der Waals surface area contributed by atoms with Gasteiger partial charge in [0.25, 0.3) is 5.56 Å².